The van der Waals surface area contributed by atoms with E-state index in [9.17, 15) is 4.79 Å². The summed E-state index contributed by atoms with van der Waals surface area (Å²) < 4.78 is 0. The molecule has 1 fully saturated rings. The molecule has 2 aromatic carbocycles. The van der Waals surface area contributed by atoms with Crippen LogP contribution in [0.25, 0.3) is 5.57 Å². The first kappa shape index (κ1) is 16.4. The molecule has 0 aromatic heterocycles. The minimum Gasteiger partial charge on any atom is -0.398 e. The lowest BCUT2D eigenvalue weighted by Crippen LogP contribution is -2.14. The molecule has 130 valence electrons. The van der Waals surface area contributed by atoms with E-state index in [1.807, 2.05) is 30.3 Å². The Morgan fingerprint density at radius 1 is 1.12 bits per heavy atom. The molecule has 1 aliphatic carbocycles. The summed E-state index contributed by atoms with van der Waals surface area (Å²) in [5.74, 6) is 0.133. The number of nitrogens with two attached hydrogens (primary N) is 1. The number of anilines is 1. The first-order valence-electron chi connectivity index (χ1n) is 8.90. The third-order valence-corrected chi connectivity index (χ3v) is 5.22. The van der Waals surface area contributed by atoms with Crippen LogP contribution in [0.2, 0.25) is 0 Å². The Bertz CT molecular complexity index is 963. The second-order valence-corrected chi connectivity index (χ2v) is 6.98. The number of carbonyl (C=O) groups is 1. The fraction of sp³-hybridized carbons (Fsp3) is 0.174. The van der Waals surface area contributed by atoms with Gasteiger partial charge in [-0.2, -0.15) is 0 Å². The zero-order chi connectivity index (χ0) is 18.3. The summed E-state index contributed by atoms with van der Waals surface area (Å²) in [7, 11) is 0. The Morgan fingerprint density at radius 3 is 2.58 bits per heavy atom. The molecule has 0 bridgehead atoms. The van der Waals surface area contributed by atoms with E-state index in [0.29, 0.717) is 6.54 Å². The molecule has 1 unspecified atom stereocenters. The molecule has 2 aromatic rings. The van der Waals surface area contributed by atoms with Gasteiger partial charge in [0.2, 0.25) is 0 Å². The number of allylic oxidation sites excluding steroid dienone is 3. The SMILES string of the molecule is C=C1CNC(=O)/C1=C1/C(=C\C(C)c2ccccc2N)Cc2ccccc21. The Kier molecular flexibility index (Phi) is 4.00. The number of hydrogen-bond acceptors (Lipinski definition) is 2. The highest BCUT2D eigenvalue weighted by Crippen LogP contribution is 2.42. The standard InChI is InChI=1S/C23H22N2O/c1-14(18-8-5-6-10-20(18)24)11-17-12-16-7-3-4-9-19(16)22(17)21-15(2)13-25-23(21)26/h3-11,14H,2,12-13,24H2,1H3,(H,25,26)/b17-11-,22-21-. The zero-order valence-electron chi connectivity index (χ0n) is 14.9. The minimum atomic E-state index is -0.0283. The van der Waals surface area contributed by atoms with Gasteiger partial charge in [0.1, 0.15) is 0 Å². The molecule has 3 heteroatoms. The van der Waals surface area contributed by atoms with E-state index in [0.717, 1.165) is 40.0 Å². The zero-order valence-corrected chi connectivity index (χ0v) is 14.9. The van der Waals surface area contributed by atoms with Crippen molar-refractivity contribution in [1.29, 1.82) is 0 Å². The Hall–Kier alpha value is -3.07. The summed E-state index contributed by atoms with van der Waals surface area (Å²) in [4.78, 5) is 12.5. The van der Waals surface area contributed by atoms with E-state index in [1.54, 1.807) is 0 Å². The van der Waals surface area contributed by atoms with Gasteiger partial charge in [0.05, 0.1) is 5.57 Å². The largest absolute Gasteiger partial charge is 0.398 e. The van der Waals surface area contributed by atoms with Gasteiger partial charge in [0.15, 0.2) is 0 Å². The van der Waals surface area contributed by atoms with Gasteiger partial charge in [0, 0.05) is 18.2 Å². The lowest BCUT2D eigenvalue weighted by atomic mass is 9.91. The number of nitrogen functional groups attached to an aromatic ring is 1. The van der Waals surface area contributed by atoms with Gasteiger partial charge < -0.3 is 11.1 Å². The Balaban J connectivity index is 1.86. The van der Waals surface area contributed by atoms with Crippen LogP contribution in [0.5, 0.6) is 0 Å². The molecule has 1 aliphatic heterocycles. The number of amides is 1. The van der Waals surface area contributed by atoms with Crippen molar-refractivity contribution in [2.75, 3.05) is 12.3 Å². The van der Waals surface area contributed by atoms with E-state index < -0.39 is 0 Å². The lowest BCUT2D eigenvalue weighted by molar-refractivity contribution is -0.116. The van der Waals surface area contributed by atoms with Crippen LogP contribution in [0, 0.1) is 0 Å². The van der Waals surface area contributed by atoms with Crippen molar-refractivity contribution in [3.8, 4) is 0 Å². The van der Waals surface area contributed by atoms with Gasteiger partial charge in [-0.15, -0.1) is 0 Å². The summed E-state index contributed by atoms with van der Waals surface area (Å²) in [5.41, 5.74) is 14.3. The number of rotatable bonds is 2. The molecule has 0 radical (unpaired) electrons. The van der Waals surface area contributed by atoms with E-state index in [4.69, 9.17) is 5.73 Å². The van der Waals surface area contributed by atoms with Crippen molar-refractivity contribution in [2.24, 2.45) is 0 Å². The molecule has 3 N–H and O–H groups in total. The van der Waals surface area contributed by atoms with Crippen molar-refractivity contribution in [3.63, 3.8) is 0 Å². The summed E-state index contributed by atoms with van der Waals surface area (Å²) >= 11 is 0. The monoisotopic (exact) mass is 342 g/mol. The molecule has 4 rings (SSSR count). The summed E-state index contributed by atoms with van der Waals surface area (Å²) in [6.45, 7) is 6.77. The van der Waals surface area contributed by atoms with Crippen LogP contribution >= 0.6 is 0 Å². The predicted molar refractivity (Wildman–Crippen MR) is 107 cm³/mol. The highest BCUT2D eigenvalue weighted by molar-refractivity contribution is 6.12. The average molecular weight is 342 g/mol. The summed E-state index contributed by atoms with van der Waals surface area (Å²) in [5, 5.41) is 2.90. The Morgan fingerprint density at radius 2 is 1.85 bits per heavy atom. The maximum absolute atomic E-state index is 12.5. The second kappa shape index (κ2) is 6.34. The van der Waals surface area contributed by atoms with Gasteiger partial charge in [-0.1, -0.05) is 62.0 Å². The molecule has 1 amide bonds. The predicted octanol–water partition coefficient (Wildman–Crippen LogP) is 3.99. The molecule has 1 atom stereocenters. The van der Waals surface area contributed by atoms with Crippen molar-refractivity contribution < 1.29 is 4.79 Å². The molecule has 3 nitrogen and oxygen atoms in total. The third kappa shape index (κ3) is 2.66. The van der Waals surface area contributed by atoms with Crippen LogP contribution in [-0.2, 0) is 11.2 Å². The van der Waals surface area contributed by atoms with E-state index >= 15 is 0 Å². The van der Waals surface area contributed by atoms with Crippen molar-refractivity contribution >= 4 is 17.2 Å². The van der Waals surface area contributed by atoms with Crippen molar-refractivity contribution in [3.05, 3.63) is 94.6 Å². The van der Waals surface area contributed by atoms with E-state index in [2.05, 4.69) is 43.1 Å². The lowest BCUT2D eigenvalue weighted by Gasteiger charge is -2.13. The minimum absolute atomic E-state index is 0.0283. The maximum Gasteiger partial charge on any atom is 0.252 e. The number of fused-ring (bicyclic) bond motifs is 1. The number of nitrogens with one attached hydrogen (secondary N) is 1. The fourth-order valence-corrected chi connectivity index (χ4v) is 3.95. The molecular formula is C23H22N2O. The van der Waals surface area contributed by atoms with Gasteiger partial charge in [-0.3, -0.25) is 4.79 Å². The van der Waals surface area contributed by atoms with E-state index in [1.165, 1.54) is 11.1 Å². The van der Waals surface area contributed by atoms with E-state index in [-0.39, 0.29) is 11.8 Å². The summed E-state index contributed by atoms with van der Waals surface area (Å²) in [6, 6.07) is 16.3. The molecule has 1 saturated heterocycles. The highest BCUT2D eigenvalue weighted by Gasteiger charge is 2.31. The Labute approximate surface area is 153 Å². The molecule has 26 heavy (non-hydrogen) atoms. The first-order valence-corrected chi connectivity index (χ1v) is 8.90. The third-order valence-electron chi connectivity index (χ3n) is 5.22. The molecular weight excluding hydrogens is 320 g/mol. The molecule has 0 saturated carbocycles. The van der Waals surface area contributed by atoms with Gasteiger partial charge >= 0.3 is 0 Å². The normalized spacial score (nSPS) is 21.8. The van der Waals surface area contributed by atoms with Crippen LogP contribution in [0.4, 0.5) is 5.69 Å². The highest BCUT2D eigenvalue weighted by atomic mass is 16.2. The van der Waals surface area contributed by atoms with Gasteiger partial charge in [-0.25, -0.2) is 0 Å². The fourth-order valence-electron chi connectivity index (χ4n) is 3.95. The number of carbonyl (C=O) groups excluding carboxylic acids is 1. The van der Waals surface area contributed by atoms with Crippen LogP contribution < -0.4 is 11.1 Å². The molecule has 0 spiro atoms. The second-order valence-electron chi connectivity index (χ2n) is 6.98. The smallest absolute Gasteiger partial charge is 0.252 e. The van der Waals surface area contributed by atoms with Crippen molar-refractivity contribution in [1.82, 2.24) is 5.32 Å². The number of benzene rings is 2. The van der Waals surface area contributed by atoms with Gasteiger partial charge in [-0.05, 0) is 45.9 Å². The van der Waals surface area contributed by atoms with Crippen molar-refractivity contribution in [2.45, 2.75) is 19.3 Å². The van der Waals surface area contributed by atoms with Gasteiger partial charge in [0.25, 0.3) is 5.91 Å². The quantitative estimate of drug-likeness (QED) is 0.640. The van der Waals surface area contributed by atoms with Crippen LogP contribution in [0.1, 0.15) is 29.5 Å². The molecule has 2 aliphatic rings. The number of hydrogen-bond donors (Lipinski definition) is 2. The topological polar surface area (TPSA) is 55.1 Å². The first-order chi connectivity index (χ1) is 12.6. The maximum atomic E-state index is 12.5. The van der Waals surface area contributed by atoms with Crippen LogP contribution in [-0.4, -0.2) is 12.5 Å². The van der Waals surface area contributed by atoms with Crippen LogP contribution in [0.3, 0.4) is 0 Å². The average Bonchev–Trinajstić information content (AvgIpc) is 3.14. The summed E-state index contributed by atoms with van der Waals surface area (Å²) in [6.07, 6.45) is 3.07. The molecule has 1 heterocycles. The van der Waals surface area contributed by atoms with Crippen LogP contribution in [0.15, 0.2) is 77.9 Å². The number of para-hydroxylation sites is 1.